The lowest BCUT2D eigenvalue weighted by molar-refractivity contribution is 0.0951. The molecule has 162 valence electrons. The minimum absolute atomic E-state index is 0.218. The number of H-pyrrole nitrogens is 1. The molecule has 4 aromatic rings. The third-order valence-electron chi connectivity index (χ3n) is 5.34. The average Bonchev–Trinajstić information content (AvgIpc) is 2.81. The minimum Gasteiger partial charge on any atom is -0.496 e. The highest BCUT2D eigenvalue weighted by molar-refractivity contribution is 7.71. The van der Waals surface area contributed by atoms with E-state index in [0.29, 0.717) is 28.8 Å². The van der Waals surface area contributed by atoms with Gasteiger partial charge in [0.25, 0.3) is 11.5 Å². The Balaban J connectivity index is 1.60. The van der Waals surface area contributed by atoms with Gasteiger partial charge in [-0.2, -0.15) is 0 Å². The maximum atomic E-state index is 13.1. The summed E-state index contributed by atoms with van der Waals surface area (Å²) in [6.07, 6.45) is 0. The first-order chi connectivity index (χ1) is 15.5. The second-order valence-electron chi connectivity index (χ2n) is 7.56. The second kappa shape index (κ2) is 9.20. The zero-order chi connectivity index (χ0) is 22.7. The Bertz CT molecular complexity index is 1400. The average molecular weight is 446 g/mol. The number of aromatic amines is 1. The second-order valence-corrected chi connectivity index (χ2v) is 7.95. The Morgan fingerprint density at radius 2 is 1.84 bits per heavy atom. The Kier molecular flexibility index (Phi) is 6.18. The van der Waals surface area contributed by atoms with E-state index in [1.165, 1.54) is 10.1 Å². The van der Waals surface area contributed by atoms with Crippen LogP contribution < -0.4 is 15.6 Å². The number of nitrogens with zero attached hydrogens (tertiary/aromatic N) is 1. The van der Waals surface area contributed by atoms with Crippen LogP contribution in [0.25, 0.3) is 10.9 Å². The van der Waals surface area contributed by atoms with Gasteiger partial charge in [0.1, 0.15) is 5.75 Å². The van der Waals surface area contributed by atoms with Crippen molar-refractivity contribution in [3.05, 3.63) is 104 Å². The molecule has 0 bridgehead atoms. The Labute approximate surface area is 190 Å². The highest BCUT2D eigenvalue weighted by Gasteiger charge is 2.12. The van der Waals surface area contributed by atoms with Crippen molar-refractivity contribution in [2.45, 2.75) is 20.0 Å². The minimum atomic E-state index is -0.221. The SMILES string of the molecule is COc1ccccc1Cn1c(=S)[nH]c2cc(C(=O)NCc3ccc(C)cc3)ccc2c1=O. The third-order valence-corrected chi connectivity index (χ3v) is 5.66. The molecule has 1 amide bonds. The summed E-state index contributed by atoms with van der Waals surface area (Å²) in [6, 6.07) is 20.4. The van der Waals surface area contributed by atoms with Gasteiger partial charge in [0.15, 0.2) is 4.77 Å². The number of aromatic nitrogens is 2. The predicted octanol–water partition coefficient (Wildman–Crippen LogP) is 4.35. The zero-order valence-corrected chi connectivity index (χ0v) is 18.7. The van der Waals surface area contributed by atoms with Crippen molar-refractivity contribution < 1.29 is 9.53 Å². The zero-order valence-electron chi connectivity index (χ0n) is 17.8. The number of fused-ring (bicyclic) bond motifs is 1. The summed E-state index contributed by atoms with van der Waals surface area (Å²) in [5, 5.41) is 3.37. The number of carbonyl (C=O) groups is 1. The maximum absolute atomic E-state index is 13.1. The van der Waals surface area contributed by atoms with Crippen LogP contribution in [0.5, 0.6) is 5.75 Å². The van der Waals surface area contributed by atoms with E-state index in [2.05, 4.69) is 10.3 Å². The molecule has 7 heteroatoms. The number of amides is 1. The molecule has 0 aliphatic carbocycles. The first-order valence-electron chi connectivity index (χ1n) is 10.2. The Morgan fingerprint density at radius 1 is 1.09 bits per heavy atom. The number of hydrogen-bond acceptors (Lipinski definition) is 4. The molecule has 0 spiro atoms. The molecule has 1 aromatic heterocycles. The molecule has 6 nitrogen and oxygen atoms in total. The van der Waals surface area contributed by atoms with Crippen LogP contribution in [0.1, 0.15) is 27.0 Å². The molecule has 4 rings (SSSR count). The van der Waals surface area contributed by atoms with Gasteiger partial charge < -0.3 is 15.0 Å². The lowest BCUT2D eigenvalue weighted by Gasteiger charge is -2.12. The summed E-state index contributed by atoms with van der Waals surface area (Å²) < 4.78 is 7.16. The molecule has 0 unspecified atom stereocenters. The van der Waals surface area contributed by atoms with Gasteiger partial charge in [-0.15, -0.1) is 0 Å². The van der Waals surface area contributed by atoms with Crippen LogP contribution >= 0.6 is 12.2 Å². The Morgan fingerprint density at radius 3 is 2.59 bits per heavy atom. The lowest BCUT2D eigenvalue weighted by atomic mass is 10.1. The lowest BCUT2D eigenvalue weighted by Crippen LogP contribution is -2.25. The highest BCUT2D eigenvalue weighted by Crippen LogP contribution is 2.19. The van der Waals surface area contributed by atoms with Crippen LogP contribution in [0.15, 0.2) is 71.5 Å². The van der Waals surface area contributed by atoms with Gasteiger partial charge in [0.05, 0.1) is 24.6 Å². The van der Waals surface area contributed by atoms with E-state index in [4.69, 9.17) is 17.0 Å². The van der Waals surface area contributed by atoms with Crippen molar-refractivity contribution in [2.24, 2.45) is 0 Å². The van der Waals surface area contributed by atoms with Gasteiger partial charge in [-0.3, -0.25) is 14.2 Å². The molecule has 1 heterocycles. The molecule has 0 aliphatic rings. The molecule has 2 N–H and O–H groups in total. The fourth-order valence-electron chi connectivity index (χ4n) is 3.53. The van der Waals surface area contributed by atoms with E-state index in [0.717, 1.165) is 11.1 Å². The summed E-state index contributed by atoms with van der Waals surface area (Å²) in [5.74, 6) is 0.472. The van der Waals surface area contributed by atoms with Crippen molar-refractivity contribution in [3.8, 4) is 5.75 Å². The monoisotopic (exact) mass is 445 g/mol. The fraction of sp³-hybridized carbons (Fsp3) is 0.160. The predicted molar refractivity (Wildman–Crippen MR) is 128 cm³/mol. The van der Waals surface area contributed by atoms with Crippen LogP contribution in [0, 0.1) is 11.7 Å². The molecule has 3 aromatic carbocycles. The van der Waals surface area contributed by atoms with Crippen molar-refractivity contribution in [2.75, 3.05) is 7.11 Å². The molecule has 0 aliphatic heterocycles. The summed E-state index contributed by atoms with van der Waals surface area (Å²) >= 11 is 5.45. The maximum Gasteiger partial charge on any atom is 0.262 e. The number of aryl methyl sites for hydroxylation is 1. The van der Waals surface area contributed by atoms with Crippen LogP contribution in [0.3, 0.4) is 0 Å². The molecule has 32 heavy (non-hydrogen) atoms. The van der Waals surface area contributed by atoms with Gasteiger partial charge in [-0.25, -0.2) is 0 Å². The van der Waals surface area contributed by atoms with Crippen LogP contribution in [-0.4, -0.2) is 22.6 Å². The van der Waals surface area contributed by atoms with Crippen LogP contribution in [0.2, 0.25) is 0 Å². The number of nitrogens with one attached hydrogen (secondary N) is 2. The van der Waals surface area contributed by atoms with Gasteiger partial charge >= 0.3 is 0 Å². The number of rotatable bonds is 6. The Hall–Kier alpha value is -3.71. The molecule has 0 saturated heterocycles. The van der Waals surface area contributed by atoms with Gasteiger partial charge in [0.2, 0.25) is 0 Å². The molecular formula is C25H23N3O3S. The van der Waals surface area contributed by atoms with E-state index in [-0.39, 0.29) is 22.8 Å². The van der Waals surface area contributed by atoms with E-state index in [1.807, 2.05) is 55.5 Å². The molecule has 0 saturated carbocycles. The van der Waals surface area contributed by atoms with Gasteiger partial charge in [-0.1, -0.05) is 48.0 Å². The van der Waals surface area contributed by atoms with Gasteiger partial charge in [-0.05, 0) is 49.0 Å². The van der Waals surface area contributed by atoms with E-state index < -0.39 is 0 Å². The molecule has 0 radical (unpaired) electrons. The van der Waals surface area contributed by atoms with E-state index in [9.17, 15) is 9.59 Å². The van der Waals surface area contributed by atoms with E-state index >= 15 is 0 Å². The third kappa shape index (κ3) is 4.48. The first kappa shape index (κ1) is 21.5. The number of hydrogen-bond donors (Lipinski definition) is 2. The number of ether oxygens (including phenoxy) is 1. The summed E-state index contributed by atoms with van der Waals surface area (Å²) in [6.45, 7) is 2.73. The highest BCUT2D eigenvalue weighted by atomic mass is 32.1. The quantitative estimate of drug-likeness (QED) is 0.433. The standard InChI is InChI=1S/C25H23N3O3S/c1-16-7-9-17(10-8-16)14-26-23(29)18-11-12-20-21(13-18)27-25(32)28(24(20)30)15-19-5-3-4-6-22(19)31-2/h3-13H,14-15H2,1-2H3,(H,26,29)(H,27,32). The first-order valence-corrected chi connectivity index (χ1v) is 10.6. The van der Waals surface area contributed by atoms with Crippen molar-refractivity contribution >= 4 is 29.0 Å². The van der Waals surface area contributed by atoms with Crippen molar-refractivity contribution in [1.82, 2.24) is 14.9 Å². The molecular weight excluding hydrogens is 422 g/mol. The van der Waals surface area contributed by atoms with Gasteiger partial charge in [0, 0.05) is 17.7 Å². The smallest absolute Gasteiger partial charge is 0.262 e. The summed E-state index contributed by atoms with van der Waals surface area (Å²) in [4.78, 5) is 28.8. The molecule has 0 atom stereocenters. The normalized spacial score (nSPS) is 10.8. The van der Waals surface area contributed by atoms with Crippen LogP contribution in [0.4, 0.5) is 0 Å². The van der Waals surface area contributed by atoms with Crippen LogP contribution in [-0.2, 0) is 13.1 Å². The van der Waals surface area contributed by atoms with E-state index in [1.54, 1.807) is 25.3 Å². The topological polar surface area (TPSA) is 76.1 Å². The number of methoxy groups -OCH3 is 1. The number of carbonyl (C=O) groups excluding carboxylic acids is 1. The fourth-order valence-corrected chi connectivity index (χ4v) is 3.79. The van der Waals surface area contributed by atoms with Crippen molar-refractivity contribution in [1.29, 1.82) is 0 Å². The van der Waals surface area contributed by atoms with Crippen molar-refractivity contribution in [3.63, 3.8) is 0 Å². The number of benzene rings is 3. The number of para-hydroxylation sites is 1. The molecule has 0 fully saturated rings. The summed E-state index contributed by atoms with van der Waals surface area (Å²) in [7, 11) is 1.59. The largest absolute Gasteiger partial charge is 0.496 e. The summed E-state index contributed by atoms with van der Waals surface area (Å²) in [5.41, 5.74) is 3.80.